The molecule has 1 atom stereocenters. The van der Waals surface area contributed by atoms with Crippen LogP contribution >= 0.6 is 22.9 Å². The van der Waals surface area contributed by atoms with Gasteiger partial charge in [0.05, 0.1) is 5.02 Å². The van der Waals surface area contributed by atoms with Crippen LogP contribution in [0.25, 0.3) is 0 Å². The van der Waals surface area contributed by atoms with Gasteiger partial charge in [-0.1, -0.05) is 11.6 Å². The normalized spacial score (nSPS) is 14.5. The number of halogens is 3. The van der Waals surface area contributed by atoms with Gasteiger partial charge in [0.1, 0.15) is 12.6 Å². The van der Waals surface area contributed by atoms with Gasteiger partial charge in [0.2, 0.25) is 0 Å². The first kappa shape index (κ1) is 10.8. The predicted molar refractivity (Wildman–Crippen MR) is 48.3 cm³/mol. The molecule has 0 aliphatic heterocycles. The number of hydrogen-bond acceptors (Lipinski definition) is 3. The Balaban J connectivity index is 2.91. The van der Waals surface area contributed by atoms with E-state index in [2.05, 4.69) is 0 Å². The number of alkyl halides is 2. The van der Waals surface area contributed by atoms with Crippen molar-refractivity contribution in [2.24, 2.45) is 5.73 Å². The molecular weight excluding hydrogens is 220 g/mol. The van der Waals surface area contributed by atoms with Crippen LogP contribution in [0, 0.1) is 0 Å². The summed E-state index contributed by atoms with van der Waals surface area (Å²) in [5.74, 6) is -3.32. The molecule has 1 unspecified atom stereocenters. The smallest absolute Gasteiger partial charge is 0.290 e. The number of nitrogens with two attached hydrogens (primary N) is 1. The summed E-state index contributed by atoms with van der Waals surface area (Å²) in [6.45, 7) is -1.28. The standard InChI is InChI=1S/C7H8ClF2NOS/c8-4-1-2-13-5(4)6(11)7(9,10)3-12/h1-2,6,12H,3,11H2. The van der Waals surface area contributed by atoms with Gasteiger partial charge >= 0.3 is 0 Å². The monoisotopic (exact) mass is 227 g/mol. The second-order valence-electron chi connectivity index (χ2n) is 2.53. The van der Waals surface area contributed by atoms with Gasteiger partial charge in [-0.15, -0.1) is 11.3 Å². The minimum absolute atomic E-state index is 0.195. The van der Waals surface area contributed by atoms with Crippen LogP contribution in [0.1, 0.15) is 10.9 Å². The average Bonchev–Trinajstić information content (AvgIpc) is 2.50. The van der Waals surface area contributed by atoms with Gasteiger partial charge in [0, 0.05) is 4.88 Å². The lowest BCUT2D eigenvalue weighted by atomic mass is 10.1. The van der Waals surface area contributed by atoms with Crippen molar-refractivity contribution in [1.29, 1.82) is 0 Å². The minimum Gasteiger partial charge on any atom is -0.390 e. The number of aliphatic hydroxyl groups is 1. The highest BCUT2D eigenvalue weighted by Crippen LogP contribution is 2.35. The lowest BCUT2D eigenvalue weighted by Gasteiger charge is -2.20. The van der Waals surface area contributed by atoms with E-state index in [1.54, 1.807) is 5.38 Å². The molecule has 0 radical (unpaired) electrons. The lowest BCUT2D eigenvalue weighted by Crippen LogP contribution is -2.35. The van der Waals surface area contributed by atoms with E-state index >= 15 is 0 Å². The van der Waals surface area contributed by atoms with E-state index in [4.69, 9.17) is 22.4 Å². The minimum atomic E-state index is -3.32. The van der Waals surface area contributed by atoms with Crippen LogP contribution in [0.5, 0.6) is 0 Å². The van der Waals surface area contributed by atoms with E-state index in [0.717, 1.165) is 11.3 Å². The highest BCUT2D eigenvalue weighted by molar-refractivity contribution is 7.10. The largest absolute Gasteiger partial charge is 0.390 e. The molecular formula is C7H8ClF2NOS. The quantitative estimate of drug-likeness (QED) is 0.830. The van der Waals surface area contributed by atoms with Crippen LogP contribution in [0.15, 0.2) is 11.4 Å². The average molecular weight is 228 g/mol. The highest BCUT2D eigenvalue weighted by Gasteiger charge is 2.38. The van der Waals surface area contributed by atoms with Crippen molar-refractivity contribution in [2.45, 2.75) is 12.0 Å². The zero-order valence-corrected chi connectivity index (χ0v) is 8.08. The van der Waals surface area contributed by atoms with Crippen LogP contribution in [0.4, 0.5) is 8.78 Å². The van der Waals surface area contributed by atoms with Crippen molar-refractivity contribution < 1.29 is 13.9 Å². The summed E-state index contributed by atoms with van der Waals surface area (Å²) in [5.41, 5.74) is 5.24. The second kappa shape index (κ2) is 3.88. The van der Waals surface area contributed by atoms with Crippen LogP contribution < -0.4 is 5.73 Å². The maximum atomic E-state index is 12.9. The molecule has 0 saturated heterocycles. The molecule has 1 aromatic heterocycles. The van der Waals surface area contributed by atoms with Gasteiger partial charge in [0.25, 0.3) is 5.92 Å². The maximum absolute atomic E-state index is 12.9. The first-order valence-corrected chi connectivity index (χ1v) is 4.72. The van der Waals surface area contributed by atoms with E-state index in [9.17, 15) is 8.78 Å². The lowest BCUT2D eigenvalue weighted by molar-refractivity contribution is -0.0703. The van der Waals surface area contributed by atoms with E-state index in [0.29, 0.717) is 0 Å². The van der Waals surface area contributed by atoms with Crippen LogP contribution in [-0.2, 0) is 0 Å². The third kappa shape index (κ3) is 2.17. The number of thiophene rings is 1. The van der Waals surface area contributed by atoms with Gasteiger partial charge in [-0.2, -0.15) is 0 Å². The first-order valence-electron chi connectivity index (χ1n) is 3.46. The zero-order chi connectivity index (χ0) is 10.1. The van der Waals surface area contributed by atoms with E-state index in [1.165, 1.54) is 6.07 Å². The molecule has 0 amide bonds. The fourth-order valence-corrected chi connectivity index (χ4v) is 2.06. The van der Waals surface area contributed by atoms with E-state index in [-0.39, 0.29) is 9.90 Å². The van der Waals surface area contributed by atoms with Gasteiger partial charge in [-0.05, 0) is 11.4 Å². The Hall–Kier alpha value is -0.230. The Morgan fingerprint density at radius 3 is 2.69 bits per heavy atom. The Morgan fingerprint density at radius 2 is 2.31 bits per heavy atom. The molecule has 6 heteroatoms. The zero-order valence-electron chi connectivity index (χ0n) is 6.51. The van der Waals surface area contributed by atoms with Crippen molar-refractivity contribution in [3.05, 3.63) is 21.3 Å². The molecule has 1 aromatic rings. The number of aliphatic hydroxyl groups excluding tert-OH is 1. The number of rotatable bonds is 3. The predicted octanol–water partition coefficient (Wildman–Crippen LogP) is 2.03. The van der Waals surface area contributed by atoms with Gasteiger partial charge in [-0.25, -0.2) is 8.78 Å². The van der Waals surface area contributed by atoms with Crippen LogP contribution in [0.3, 0.4) is 0 Å². The summed E-state index contributed by atoms with van der Waals surface area (Å²) in [6.07, 6.45) is 0. The van der Waals surface area contributed by atoms with Crippen molar-refractivity contribution in [1.82, 2.24) is 0 Å². The highest BCUT2D eigenvalue weighted by atomic mass is 35.5. The van der Waals surface area contributed by atoms with Crippen molar-refractivity contribution in [3.63, 3.8) is 0 Å². The summed E-state index contributed by atoms with van der Waals surface area (Å²) >= 11 is 6.66. The molecule has 13 heavy (non-hydrogen) atoms. The van der Waals surface area contributed by atoms with E-state index < -0.39 is 18.6 Å². The summed E-state index contributed by atoms with van der Waals surface area (Å²) in [5, 5.41) is 10.2. The Bertz CT molecular complexity index is 292. The Kier molecular flexibility index (Phi) is 3.23. The molecule has 0 aromatic carbocycles. The third-order valence-electron chi connectivity index (χ3n) is 1.59. The Morgan fingerprint density at radius 1 is 1.69 bits per heavy atom. The molecule has 0 fully saturated rings. The van der Waals surface area contributed by atoms with Gasteiger partial charge < -0.3 is 10.8 Å². The van der Waals surface area contributed by atoms with Crippen LogP contribution in [-0.4, -0.2) is 17.6 Å². The fourth-order valence-electron chi connectivity index (χ4n) is 0.817. The molecule has 0 bridgehead atoms. The molecule has 1 heterocycles. The van der Waals surface area contributed by atoms with Crippen molar-refractivity contribution >= 4 is 22.9 Å². The third-order valence-corrected chi connectivity index (χ3v) is 3.03. The molecule has 74 valence electrons. The summed E-state index contributed by atoms with van der Waals surface area (Å²) in [6, 6.07) is -0.0421. The van der Waals surface area contributed by atoms with Crippen LogP contribution in [0.2, 0.25) is 5.02 Å². The maximum Gasteiger partial charge on any atom is 0.290 e. The van der Waals surface area contributed by atoms with Gasteiger partial charge in [-0.3, -0.25) is 0 Å². The summed E-state index contributed by atoms with van der Waals surface area (Å²) < 4.78 is 25.7. The molecule has 0 aliphatic carbocycles. The van der Waals surface area contributed by atoms with Gasteiger partial charge in [0.15, 0.2) is 0 Å². The second-order valence-corrected chi connectivity index (χ2v) is 3.88. The summed E-state index contributed by atoms with van der Waals surface area (Å²) in [4.78, 5) is 0.195. The van der Waals surface area contributed by atoms with E-state index in [1.807, 2.05) is 0 Å². The molecule has 3 N–H and O–H groups in total. The molecule has 0 spiro atoms. The molecule has 0 saturated carbocycles. The SMILES string of the molecule is NC(c1sccc1Cl)C(F)(F)CO. The summed E-state index contributed by atoms with van der Waals surface area (Å²) in [7, 11) is 0. The molecule has 2 nitrogen and oxygen atoms in total. The van der Waals surface area contributed by atoms with Crippen molar-refractivity contribution in [2.75, 3.05) is 6.61 Å². The number of hydrogen-bond donors (Lipinski definition) is 2. The fraction of sp³-hybridized carbons (Fsp3) is 0.429. The topological polar surface area (TPSA) is 46.2 Å². The first-order chi connectivity index (χ1) is 5.99. The molecule has 0 aliphatic rings. The Labute approximate surface area is 82.9 Å². The molecule has 1 rings (SSSR count). The van der Waals surface area contributed by atoms with Crippen molar-refractivity contribution in [3.8, 4) is 0 Å².